The third-order valence-corrected chi connectivity index (χ3v) is 2.55. The summed E-state index contributed by atoms with van der Waals surface area (Å²) in [5.74, 6) is 0. The maximum Gasteiger partial charge on any atom is 0.0593 e. The molecule has 0 aromatic heterocycles. The molecule has 0 amide bonds. The van der Waals surface area contributed by atoms with Gasteiger partial charge in [0.05, 0.1) is 13.2 Å². The summed E-state index contributed by atoms with van der Waals surface area (Å²) >= 11 is 0. The molecule has 15 heavy (non-hydrogen) atoms. The van der Waals surface area contributed by atoms with E-state index in [0.29, 0.717) is 13.2 Å². The Morgan fingerprint density at radius 2 is 2.00 bits per heavy atom. The smallest absolute Gasteiger partial charge is 0.0593 e. The molecule has 86 valence electrons. The van der Waals surface area contributed by atoms with Gasteiger partial charge in [-0.2, -0.15) is 0 Å². The molecule has 1 fully saturated rings. The summed E-state index contributed by atoms with van der Waals surface area (Å²) in [6, 6.07) is 0. The van der Waals surface area contributed by atoms with Crippen molar-refractivity contribution in [1.82, 2.24) is 9.80 Å². The molecule has 0 aromatic rings. The van der Waals surface area contributed by atoms with Gasteiger partial charge in [0.2, 0.25) is 0 Å². The van der Waals surface area contributed by atoms with Gasteiger partial charge in [0.15, 0.2) is 0 Å². The summed E-state index contributed by atoms with van der Waals surface area (Å²) in [7, 11) is 2.15. The fourth-order valence-corrected chi connectivity index (χ4v) is 1.52. The molecule has 1 heterocycles. The number of hydrogen-bond acceptors (Lipinski definition) is 4. The Kier molecular flexibility index (Phi) is 6.11. The molecule has 0 saturated carbocycles. The minimum atomic E-state index is 0.430. The van der Waals surface area contributed by atoms with Crippen molar-refractivity contribution in [3.05, 3.63) is 10.4 Å². The standard InChI is InChI=1S/C9H19N5O/c1-13-3-5-14(6-4-13)7-9-15-8-2-11-12-10/h2-9H2,1H3. The number of azide groups is 1. The van der Waals surface area contributed by atoms with Crippen molar-refractivity contribution in [3.8, 4) is 0 Å². The van der Waals surface area contributed by atoms with E-state index in [1.54, 1.807) is 0 Å². The number of hydrogen-bond donors (Lipinski definition) is 0. The van der Waals surface area contributed by atoms with Crippen LogP contribution in [0.25, 0.3) is 10.4 Å². The third-order valence-electron chi connectivity index (χ3n) is 2.55. The van der Waals surface area contributed by atoms with E-state index in [0.717, 1.165) is 39.3 Å². The van der Waals surface area contributed by atoms with Gasteiger partial charge < -0.3 is 9.64 Å². The first-order chi connectivity index (χ1) is 7.33. The van der Waals surface area contributed by atoms with Crippen molar-refractivity contribution in [2.75, 3.05) is 59.5 Å². The van der Waals surface area contributed by atoms with Gasteiger partial charge in [-0.3, -0.25) is 4.90 Å². The summed E-state index contributed by atoms with van der Waals surface area (Å²) in [5, 5.41) is 3.40. The summed E-state index contributed by atoms with van der Waals surface area (Å²) < 4.78 is 5.35. The first-order valence-corrected chi connectivity index (χ1v) is 5.32. The van der Waals surface area contributed by atoms with E-state index in [1.807, 2.05) is 0 Å². The van der Waals surface area contributed by atoms with Gasteiger partial charge >= 0.3 is 0 Å². The average molecular weight is 213 g/mol. The van der Waals surface area contributed by atoms with Crippen LogP contribution >= 0.6 is 0 Å². The van der Waals surface area contributed by atoms with E-state index in [2.05, 4.69) is 26.9 Å². The second kappa shape index (κ2) is 7.48. The maximum absolute atomic E-state index is 8.04. The van der Waals surface area contributed by atoms with Crippen molar-refractivity contribution in [3.63, 3.8) is 0 Å². The van der Waals surface area contributed by atoms with E-state index in [-0.39, 0.29) is 0 Å². The van der Waals surface area contributed by atoms with Crippen molar-refractivity contribution in [2.24, 2.45) is 5.11 Å². The van der Waals surface area contributed by atoms with Crippen LogP contribution in [0.1, 0.15) is 0 Å². The lowest BCUT2D eigenvalue weighted by Crippen LogP contribution is -2.45. The Morgan fingerprint density at radius 1 is 1.27 bits per heavy atom. The molecule has 0 radical (unpaired) electrons. The minimum Gasteiger partial charge on any atom is -0.380 e. The molecule has 6 nitrogen and oxygen atoms in total. The highest BCUT2D eigenvalue weighted by Gasteiger charge is 2.12. The van der Waals surface area contributed by atoms with Gasteiger partial charge in [0.25, 0.3) is 0 Å². The quantitative estimate of drug-likeness (QED) is 0.280. The van der Waals surface area contributed by atoms with Crippen LogP contribution in [0.15, 0.2) is 5.11 Å². The van der Waals surface area contributed by atoms with Gasteiger partial charge in [0, 0.05) is 44.2 Å². The van der Waals surface area contributed by atoms with Gasteiger partial charge in [0.1, 0.15) is 0 Å². The zero-order valence-corrected chi connectivity index (χ0v) is 9.30. The summed E-state index contributed by atoms with van der Waals surface area (Å²) in [6.45, 7) is 7.18. The summed E-state index contributed by atoms with van der Waals surface area (Å²) in [5.41, 5.74) is 8.04. The third kappa shape index (κ3) is 5.59. The number of rotatable bonds is 6. The number of likely N-dealkylation sites (N-methyl/N-ethyl adjacent to an activating group) is 1. The topological polar surface area (TPSA) is 64.5 Å². The fraction of sp³-hybridized carbons (Fsp3) is 1.00. The maximum atomic E-state index is 8.04. The molecule has 6 heteroatoms. The number of ether oxygens (including phenoxy) is 1. The molecular weight excluding hydrogens is 194 g/mol. The van der Waals surface area contributed by atoms with Crippen molar-refractivity contribution in [1.29, 1.82) is 0 Å². The fourth-order valence-electron chi connectivity index (χ4n) is 1.52. The van der Waals surface area contributed by atoms with Crippen molar-refractivity contribution in [2.45, 2.75) is 0 Å². The molecule has 0 atom stereocenters. The zero-order valence-electron chi connectivity index (χ0n) is 9.30. The van der Waals surface area contributed by atoms with E-state index in [4.69, 9.17) is 10.3 Å². The highest BCUT2D eigenvalue weighted by atomic mass is 16.5. The second-order valence-corrected chi connectivity index (χ2v) is 3.71. The normalized spacial score (nSPS) is 18.7. The molecular formula is C9H19N5O. The van der Waals surface area contributed by atoms with Gasteiger partial charge in [-0.1, -0.05) is 5.11 Å². The van der Waals surface area contributed by atoms with E-state index in [9.17, 15) is 0 Å². The van der Waals surface area contributed by atoms with Crippen LogP contribution in [0.4, 0.5) is 0 Å². The van der Waals surface area contributed by atoms with Crippen LogP contribution < -0.4 is 0 Å². The lowest BCUT2D eigenvalue weighted by atomic mass is 10.3. The van der Waals surface area contributed by atoms with Crippen LogP contribution in [0, 0.1) is 0 Å². The summed E-state index contributed by atoms with van der Waals surface area (Å²) in [6.07, 6.45) is 0. The molecule has 0 aliphatic carbocycles. The monoisotopic (exact) mass is 213 g/mol. The van der Waals surface area contributed by atoms with Gasteiger partial charge in [-0.05, 0) is 12.6 Å². The highest BCUT2D eigenvalue weighted by molar-refractivity contribution is 4.68. The molecule has 0 aromatic carbocycles. The molecule has 1 aliphatic heterocycles. The number of nitrogens with zero attached hydrogens (tertiary/aromatic N) is 5. The van der Waals surface area contributed by atoms with Crippen molar-refractivity contribution < 1.29 is 4.74 Å². The Balaban J connectivity index is 1.93. The molecule has 0 bridgehead atoms. The Bertz CT molecular complexity index is 209. The highest BCUT2D eigenvalue weighted by Crippen LogP contribution is 1.98. The summed E-state index contributed by atoms with van der Waals surface area (Å²) in [4.78, 5) is 7.39. The molecule has 1 aliphatic rings. The van der Waals surface area contributed by atoms with Gasteiger partial charge in [-0.25, -0.2) is 0 Å². The molecule has 1 saturated heterocycles. The van der Waals surface area contributed by atoms with E-state index < -0.39 is 0 Å². The number of piperazine rings is 1. The van der Waals surface area contributed by atoms with Gasteiger partial charge in [-0.15, -0.1) is 0 Å². The van der Waals surface area contributed by atoms with Crippen LogP contribution in [0.2, 0.25) is 0 Å². The van der Waals surface area contributed by atoms with Crippen LogP contribution in [-0.2, 0) is 4.74 Å². The zero-order chi connectivity index (χ0) is 10.9. The van der Waals surface area contributed by atoms with Crippen LogP contribution in [0.5, 0.6) is 0 Å². The Hall–Kier alpha value is -0.810. The van der Waals surface area contributed by atoms with Crippen LogP contribution in [-0.4, -0.2) is 69.3 Å². The Morgan fingerprint density at radius 3 is 2.67 bits per heavy atom. The SMILES string of the molecule is CN1CCN(CCOCCN=[N+]=[N-])CC1. The predicted molar refractivity (Wildman–Crippen MR) is 58.8 cm³/mol. The van der Waals surface area contributed by atoms with Crippen molar-refractivity contribution >= 4 is 0 Å². The largest absolute Gasteiger partial charge is 0.380 e. The molecule has 0 N–H and O–H groups in total. The van der Waals surface area contributed by atoms with Crippen LogP contribution in [0.3, 0.4) is 0 Å². The lowest BCUT2D eigenvalue weighted by molar-refractivity contribution is 0.0855. The molecule has 0 spiro atoms. The Labute approximate surface area is 90.4 Å². The second-order valence-electron chi connectivity index (χ2n) is 3.71. The first-order valence-electron chi connectivity index (χ1n) is 5.32. The first kappa shape index (κ1) is 12.3. The lowest BCUT2D eigenvalue weighted by Gasteiger charge is -2.32. The molecule has 1 rings (SSSR count). The van der Waals surface area contributed by atoms with E-state index in [1.165, 1.54) is 0 Å². The average Bonchev–Trinajstić information content (AvgIpc) is 2.26. The van der Waals surface area contributed by atoms with E-state index >= 15 is 0 Å². The predicted octanol–water partition coefficient (Wildman–Crippen LogP) is 0.561. The minimum absolute atomic E-state index is 0.430. The molecule has 0 unspecified atom stereocenters.